The van der Waals surface area contributed by atoms with E-state index in [1.165, 1.54) is 0 Å². The number of aliphatic hydroxyl groups excluding tert-OH is 11. The third-order valence-corrected chi connectivity index (χ3v) is 19.7. The van der Waals surface area contributed by atoms with Crippen molar-refractivity contribution in [1.82, 2.24) is 0 Å². The Hall–Kier alpha value is -0.680. The van der Waals surface area contributed by atoms with Gasteiger partial charge in [0.1, 0.15) is 61.0 Å². The normalized spacial score (nSPS) is 57.6. The molecule has 26 atom stereocenters. The van der Waals surface area contributed by atoms with Gasteiger partial charge >= 0.3 is 0 Å². The molecule has 370 valence electrons. The number of fused-ring (bicyclic) bond motifs is 7. The molecular weight excluding hydrogens is 836 g/mol. The molecule has 17 heteroatoms. The van der Waals surface area contributed by atoms with Crippen LogP contribution in [-0.2, 0) is 28.4 Å². The average Bonchev–Trinajstić information content (AvgIpc) is 3.59. The van der Waals surface area contributed by atoms with Crippen molar-refractivity contribution in [3.8, 4) is 0 Å². The lowest BCUT2D eigenvalue weighted by Gasteiger charge is -2.74. The third kappa shape index (κ3) is 7.43. The van der Waals surface area contributed by atoms with Gasteiger partial charge in [0.25, 0.3) is 0 Å². The molecule has 11 N–H and O–H groups in total. The summed E-state index contributed by atoms with van der Waals surface area (Å²) < 4.78 is 36.7. The van der Waals surface area contributed by atoms with E-state index in [9.17, 15) is 56.2 Å². The highest BCUT2D eigenvalue weighted by Gasteiger charge is 2.74. The van der Waals surface area contributed by atoms with E-state index >= 15 is 0 Å². The molecule has 0 unspecified atom stereocenters. The van der Waals surface area contributed by atoms with Gasteiger partial charge in [-0.25, -0.2) is 0 Å². The Balaban J connectivity index is 1.01. The maximum absolute atomic E-state index is 12.7. The molecule has 0 radical (unpaired) electrons. The first-order valence-electron chi connectivity index (χ1n) is 24.0. The van der Waals surface area contributed by atoms with Crippen molar-refractivity contribution >= 4 is 0 Å². The van der Waals surface area contributed by atoms with E-state index in [0.29, 0.717) is 19.3 Å². The van der Waals surface area contributed by atoms with Crippen LogP contribution >= 0.6 is 0 Å². The second kappa shape index (κ2) is 17.0. The summed E-state index contributed by atoms with van der Waals surface area (Å²) in [6, 6.07) is 0. The summed E-state index contributed by atoms with van der Waals surface area (Å²) in [5.41, 5.74) is -2.83. The molecule has 3 aliphatic heterocycles. The van der Waals surface area contributed by atoms with Crippen LogP contribution in [0, 0.1) is 56.7 Å². The van der Waals surface area contributed by atoms with E-state index in [4.69, 9.17) is 28.4 Å². The van der Waals surface area contributed by atoms with Crippen LogP contribution in [0.1, 0.15) is 114 Å². The highest BCUT2D eigenvalue weighted by Crippen LogP contribution is 2.78. The minimum absolute atomic E-state index is 0.130. The van der Waals surface area contributed by atoms with Crippen molar-refractivity contribution in [2.45, 2.75) is 224 Å². The number of hydrogen-bond acceptors (Lipinski definition) is 17. The molecule has 5 aliphatic carbocycles. The van der Waals surface area contributed by atoms with Crippen LogP contribution in [0.25, 0.3) is 0 Å². The molecule has 0 amide bonds. The Kier molecular flexibility index (Phi) is 13.2. The maximum Gasteiger partial charge on any atom is 0.187 e. The third-order valence-electron chi connectivity index (χ3n) is 19.7. The quantitative estimate of drug-likeness (QED) is 0.146. The standard InChI is InChI=1S/C47H80O17/c1-20-30(52)34(56)37(63-39-35(57)31(53)24(51)19-59-39)41(60-20)62-28-13-15-45(7)27-11-10-26-44(6)14-12-21(43(4,5)64-40-36(58)33(55)32(54)25(18-48)61-40)29(44)22(49)16-46(26,8)47(27,9)17-23(50)38(45)42(28,2)3/h20-41,48-58H,10-19H2,1-9H3/t20-,21-,22-,23-,24+,25+,26+,27+,28-,29+,30-,31-,32+,33-,34+,35+,36+,37+,38-,39-,40-,41-,44+,45+,46+,47+/m0/s1. The first kappa shape index (κ1) is 49.7. The Morgan fingerprint density at radius 3 is 1.83 bits per heavy atom. The van der Waals surface area contributed by atoms with E-state index in [1.54, 1.807) is 6.92 Å². The van der Waals surface area contributed by atoms with Crippen LogP contribution in [0.2, 0.25) is 0 Å². The first-order chi connectivity index (χ1) is 29.7. The van der Waals surface area contributed by atoms with Gasteiger partial charge in [0.2, 0.25) is 0 Å². The smallest absolute Gasteiger partial charge is 0.187 e. The minimum Gasteiger partial charge on any atom is -0.394 e. The lowest BCUT2D eigenvalue weighted by Crippen LogP contribution is -2.71. The molecule has 0 bridgehead atoms. The fraction of sp³-hybridized carbons (Fsp3) is 1.00. The lowest BCUT2D eigenvalue weighted by molar-refractivity contribution is -0.369. The van der Waals surface area contributed by atoms with Crippen molar-refractivity contribution in [3.05, 3.63) is 0 Å². The van der Waals surface area contributed by atoms with Crippen LogP contribution in [0.5, 0.6) is 0 Å². The van der Waals surface area contributed by atoms with Gasteiger partial charge in [-0.3, -0.25) is 0 Å². The zero-order chi connectivity index (χ0) is 47.0. The predicted octanol–water partition coefficient (Wildman–Crippen LogP) is 0.301. The fourth-order valence-corrected chi connectivity index (χ4v) is 16.5. The fourth-order valence-electron chi connectivity index (χ4n) is 16.5. The molecule has 8 aliphatic rings. The molecule has 17 nitrogen and oxygen atoms in total. The van der Waals surface area contributed by atoms with Crippen molar-refractivity contribution in [3.63, 3.8) is 0 Å². The summed E-state index contributed by atoms with van der Waals surface area (Å²) in [5, 5.41) is 120. The zero-order valence-corrected chi connectivity index (χ0v) is 39.1. The Labute approximate surface area is 377 Å². The molecule has 64 heavy (non-hydrogen) atoms. The van der Waals surface area contributed by atoms with Crippen molar-refractivity contribution in [2.24, 2.45) is 56.7 Å². The van der Waals surface area contributed by atoms with Crippen molar-refractivity contribution in [1.29, 1.82) is 0 Å². The summed E-state index contributed by atoms with van der Waals surface area (Å²) >= 11 is 0. The van der Waals surface area contributed by atoms with Gasteiger partial charge in [-0.2, -0.15) is 0 Å². The molecular formula is C47H80O17. The van der Waals surface area contributed by atoms with Crippen LogP contribution in [0.4, 0.5) is 0 Å². The van der Waals surface area contributed by atoms with Crippen molar-refractivity contribution in [2.75, 3.05) is 13.2 Å². The second-order valence-corrected chi connectivity index (χ2v) is 23.7. The monoisotopic (exact) mass is 917 g/mol. The molecule has 0 aromatic heterocycles. The summed E-state index contributed by atoms with van der Waals surface area (Å²) in [7, 11) is 0. The van der Waals surface area contributed by atoms with Gasteiger partial charge < -0.3 is 84.6 Å². The second-order valence-electron chi connectivity index (χ2n) is 23.7. The summed E-state index contributed by atoms with van der Waals surface area (Å²) in [6.45, 7) is 18.2. The Morgan fingerprint density at radius 1 is 0.594 bits per heavy atom. The van der Waals surface area contributed by atoms with Gasteiger partial charge in [0, 0.05) is 0 Å². The van der Waals surface area contributed by atoms with Crippen LogP contribution in [0.3, 0.4) is 0 Å². The summed E-state index contributed by atoms with van der Waals surface area (Å²) in [6.07, 6.45) is -15.1. The average molecular weight is 917 g/mol. The van der Waals surface area contributed by atoms with Crippen molar-refractivity contribution < 1.29 is 84.6 Å². The van der Waals surface area contributed by atoms with Crippen LogP contribution in [0.15, 0.2) is 0 Å². The number of aliphatic hydroxyl groups is 11. The van der Waals surface area contributed by atoms with Crippen LogP contribution < -0.4 is 0 Å². The molecule has 0 spiro atoms. The molecule has 0 aromatic rings. The number of rotatable bonds is 8. The highest BCUT2D eigenvalue weighted by molar-refractivity contribution is 5.23. The molecule has 8 rings (SSSR count). The minimum atomic E-state index is -1.64. The Morgan fingerprint density at radius 2 is 1.19 bits per heavy atom. The largest absolute Gasteiger partial charge is 0.394 e. The Bertz CT molecular complexity index is 1670. The van der Waals surface area contributed by atoms with E-state index in [1.807, 2.05) is 13.8 Å². The van der Waals surface area contributed by atoms with Gasteiger partial charge in [0.05, 0.1) is 43.2 Å². The van der Waals surface area contributed by atoms with Gasteiger partial charge in [-0.15, -0.1) is 0 Å². The van der Waals surface area contributed by atoms with E-state index in [-0.39, 0.29) is 57.9 Å². The van der Waals surface area contributed by atoms with Gasteiger partial charge in [-0.1, -0.05) is 41.5 Å². The highest BCUT2D eigenvalue weighted by atomic mass is 16.8. The first-order valence-corrected chi connectivity index (χ1v) is 24.0. The van der Waals surface area contributed by atoms with Gasteiger partial charge in [-0.05, 0) is 129 Å². The molecule has 0 aromatic carbocycles. The van der Waals surface area contributed by atoms with E-state index < -0.39 is 122 Å². The van der Waals surface area contributed by atoms with Crippen LogP contribution in [-0.4, -0.2) is 179 Å². The number of hydrogen-bond donors (Lipinski definition) is 11. The topological polar surface area (TPSA) is 278 Å². The summed E-state index contributed by atoms with van der Waals surface area (Å²) in [5.74, 6) is -0.0500. The maximum atomic E-state index is 12.7. The summed E-state index contributed by atoms with van der Waals surface area (Å²) in [4.78, 5) is 0. The zero-order valence-electron chi connectivity index (χ0n) is 39.1. The van der Waals surface area contributed by atoms with E-state index in [0.717, 1.165) is 32.1 Å². The van der Waals surface area contributed by atoms with Gasteiger partial charge in [0.15, 0.2) is 18.9 Å². The SMILES string of the molecule is C[C@@H]1O[C@@H](O[C@H]2CC[C@]3(C)[C@H]4CC[C@@H]5[C@@]6(C)CC[C@H](C(C)(C)O[C@@H]7O[C@H](CO)[C@@H](O)[C@H](O)[C@H]7O)[C@@H]6[C@@H](O)C[C@@]5(C)[C@]4(C)C[C@H](O)[C@H]3C2(C)C)[C@H](O[C@@H]2OC[C@@H](O)[C@H](O)[C@H]2O)[C@H](O)[C@H]1O. The molecule has 5 saturated carbocycles. The van der Waals surface area contributed by atoms with E-state index in [2.05, 4.69) is 41.5 Å². The molecule has 3 heterocycles. The molecule has 8 fully saturated rings. The number of ether oxygens (including phenoxy) is 6. The lowest BCUT2D eigenvalue weighted by atomic mass is 9.31. The predicted molar refractivity (Wildman–Crippen MR) is 225 cm³/mol. The molecule has 3 saturated heterocycles.